The molecule has 0 radical (unpaired) electrons. The van der Waals surface area contributed by atoms with Gasteiger partial charge in [0, 0.05) is 6.42 Å². The van der Waals surface area contributed by atoms with Gasteiger partial charge in [-0.05, 0) is 48.6 Å². The molecule has 0 aliphatic rings. The number of hydrogen-bond donors (Lipinski definition) is 0. The van der Waals surface area contributed by atoms with E-state index in [4.69, 9.17) is 11.6 Å². The van der Waals surface area contributed by atoms with E-state index in [1.165, 1.54) is 12.1 Å². The first kappa shape index (κ1) is 18.8. The third kappa shape index (κ3) is 8.23. The summed E-state index contributed by atoms with van der Waals surface area (Å²) in [6.07, 6.45) is 5.89. The Kier molecular flexibility index (Phi) is 8.25. The number of allylic oxidation sites excluding steroid dienone is 1. The van der Waals surface area contributed by atoms with Gasteiger partial charge in [0.25, 0.3) is 0 Å². The number of halogens is 4. The zero-order chi connectivity index (χ0) is 16.4. The molecule has 0 saturated carbocycles. The van der Waals surface area contributed by atoms with Gasteiger partial charge in [0.05, 0.1) is 5.56 Å². The van der Waals surface area contributed by atoms with E-state index in [1.54, 1.807) is 0 Å². The van der Waals surface area contributed by atoms with Gasteiger partial charge in [-0.15, -0.1) is 0 Å². The summed E-state index contributed by atoms with van der Waals surface area (Å²) in [6, 6.07) is 5.14. The highest BCUT2D eigenvalue weighted by Gasteiger charge is 2.29. The highest BCUT2D eigenvalue weighted by atomic mass is 35.5. The van der Waals surface area contributed by atoms with Crippen LogP contribution in [0.4, 0.5) is 13.2 Å². The summed E-state index contributed by atoms with van der Waals surface area (Å²) in [6.45, 7) is 0. The average Bonchev–Trinajstić information content (AvgIpc) is 2.45. The molecule has 0 heterocycles. The minimum absolute atomic E-state index is 0.278. The molecular formula is C17H20ClF3O. The van der Waals surface area contributed by atoms with Crippen LogP contribution in [-0.2, 0) is 11.0 Å². The average molecular weight is 333 g/mol. The van der Waals surface area contributed by atoms with E-state index in [0.29, 0.717) is 6.42 Å². The van der Waals surface area contributed by atoms with E-state index >= 15 is 0 Å². The predicted molar refractivity (Wildman–Crippen MR) is 83.7 cm³/mol. The van der Waals surface area contributed by atoms with Gasteiger partial charge in [0.1, 0.15) is 0 Å². The van der Waals surface area contributed by atoms with Crippen LogP contribution in [0.3, 0.4) is 0 Å². The maximum atomic E-state index is 12.4. The summed E-state index contributed by atoms with van der Waals surface area (Å²) in [5.74, 6) is 0. The van der Waals surface area contributed by atoms with Crippen molar-refractivity contribution in [1.82, 2.24) is 0 Å². The van der Waals surface area contributed by atoms with Crippen LogP contribution < -0.4 is 0 Å². The maximum Gasteiger partial charge on any atom is 0.416 e. The van der Waals surface area contributed by atoms with Gasteiger partial charge in [-0.2, -0.15) is 13.2 Å². The van der Waals surface area contributed by atoms with Crippen molar-refractivity contribution >= 4 is 22.9 Å². The van der Waals surface area contributed by atoms with E-state index in [9.17, 15) is 18.0 Å². The van der Waals surface area contributed by atoms with E-state index in [0.717, 1.165) is 56.2 Å². The molecule has 1 aromatic rings. The van der Waals surface area contributed by atoms with E-state index in [1.807, 2.05) is 12.2 Å². The molecule has 22 heavy (non-hydrogen) atoms. The lowest BCUT2D eigenvalue weighted by Gasteiger charge is -2.05. The molecule has 0 spiro atoms. The highest BCUT2D eigenvalue weighted by Crippen LogP contribution is 2.29. The van der Waals surface area contributed by atoms with Gasteiger partial charge in [-0.25, -0.2) is 0 Å². The predicted octanol–water partition coefficient (Wildman–Crippen LogP) is 6.21. The Morgan fingerprint density at radius 2 is 1.59 bits per heavy atom. The van der Waals surface area contributed by atoms with E-state index in [2.05, 4.69) is 0 Å². The van der Waals surface area contributed by atoms with Crippen molar-refractivity contribution in [3.8, 4) is 0 Å². The van der Waals surface area contributed by atoms with Gasteiger partial charge in [-0.1, -0.05) is 43.5 Å². The fourth-order valence-corrected chi connectivity index (χ4v) is 2.19. The number of alkyl halides is 3. The zero-order valence-corrected chi connectivity index (χ0v) is 13.1. The second-order valence-electron chi connectivity index (χ2n) is 5.18. The van der Waals surface area contributed by atoms with Crippen molar-refractivity contribution in [2.45, 2.75) is 51.1 Å². The fraction of sp³-hybridized carbons (Fsp3) is 0.471. The minimum Gasteiger partial charge on any atom is -0.281 e. The number of benzene rings is 1. The third-order valence-corrected chi connectivity index (χ3v) is 3.48. The quantitative estimate of drug-likeness (QED) is 0.388. The first-order chi connectivity index (χ1) is 10.4. The standard InChI is InChI=1S/C17H20ClF3O/c18-16(22)9-7-5-3-1-2-4-6-8-14-10-12-15(13-11-14)17(19,20)21/h6,8,10-13H,1-5,7,9H2/b8-6+. The molecule has 0 unspecified atom stereocenters. The first-order valence-electron chi connectivity index (χ1n) is 7.42. The Bertz CT molecular complexity index is 478. The molecule has 1 rings (SSSR count). The van der Waals surface area contributed by atoms with Gasteiger partial charge in [0.15, 0.2) is 0 Å². The second-order valence-corrected chi connectivity index (χ2v) is 5.61. The molecule has 0 atom stereocenters. The largest absolute Gasteiger partial charge is 0.416 e. The molecule has 1 aromatic carbocycles. The number of carbonyl (C=O) groups is 1. The summed E-state index contributed by atoms with van der Waals surface area (Å²) < 4.78 is 37.2. The lowest BCUT2D eigenvalue weighted by molar-refractivity contribution is -0.137. The SMILES string of the molecule is O=C(Cl)CCCCCCC/C=C/c1ccc(C(F)(F)F)cc1. The molecule has 0 saturated heterocycles. The fourth-order valence-electron chi connectivity index (χ4n) is 2.06. The Balaban J connectivity index is 2.17. The van der Waals surface area contributed by atoms with Crippen LogP contribution in [0.15, 0.2) is 30.3 Å². The number of unbranched alkanes of at least 4 members (excludes halogenated alkanes) is 5. The van der Waals surface area contributed by atoms with Crippen molar-refractivity contribution in [3.05, 3.63) is 41.5 Å². The van der Waals surface area contributed by atoms with Crippen LogP contribution in [0.2, 0.25) is 0 Å². The summed E-state index contributed by atoms with van der Waals surface area (Å²) in [7, 11) is 0. The van der Waals surface area contributed by atoms with Gasteiger partial charge >= 0.3 is 6.18 Å². The number of carbonyl (C=O) groups excluding carboxylic acids is 1. The zero-order valence-electron chi connectivity index (χ0n) is 12.3. The Morgan fingerprint density at radius 3 is 2.18 bits per heavy atom. The molecule has 0 aromatic heterocycles. The van der Waals surface area contributed by atoms with Crippen LogP contribution in [0.5, 0.6) is 0 Å². The molecule has 5 heteroatoms. The number of hydrogen-bond acceptors (Lipinski definition) is 1. The summed E-state index contributed by atoms with van der Waals surface area (Å²) in [4.78, 5) is 10.5. The van der Waals surface area contributed by atoms with Crippen LogP contribution in [-0.4, -0.2) is 5.24 Å². The molecule has 0 aliphatic carbocycles. The molecule has 0 N–H and O–H groups in total. The van der Waals surface area contributed by atoms with Crippen molar-refractivity contribution in [2.75, 3.05) is 0 Å². The van der Waals surface area contributed by atoms with Crippen LogP contribution in [0, 0.1) is 0 Å². The molecule has 0 bridgehead atoms. The van der Waals surface area contributed by atoms with Crippen LogP contribution >= 0.6 is 11.6 Å². The Morgan fingerprint density at radius 1 is 1.00 bits per heavy atom. The van der Waals surface area contributed by atoms with Crippen LogP contribution in [0.25, 0.3) is 6.08 Å². The van der Waals surface area contributed by atoms with Gasteiger partial charge < -0.3 is 0 Å². The van der Waals surface area contributed by atoms with Crippen molar-refractivity contribution in [1.29, 1.82) is 0 Å². The minimum atomic E-state index is -4.28. The van der Waals surface area contributed by atoms with Crippen LogP contribution in [0.1, 0.15) is 56.1 Å². The van der Waals surface area contributed by atoms with Crippen molar-refractivity contribution < 1.29 is 18.0 Å². The molecule has 122 valence electrons. The highest BCUT2D eigenvalue weighted by molar-refractivity contribution is 6.63. The topological polar surface area (TPSA) is 17.1 Å². The Hall–Kier alpha value is -1.29. The molecule has 0 aliphatic heterocycles. The van der Waals surface area contributed by atoms with Crippen molar-refractivity contribution in [2.24, 2.45) is 0 Å². The number of rotatable bonds is 9. The molecular weight excluding hydrogens is 313 g/mol. The second kappa shape index (κ2) is 9.67. The molecule has 0 fully saturated rings. The smallest absolute Gasteiger partial charge is 0.281 e. The summed E-state index contributed by atoms with van der Waals surface area (Å²) >= 11 is 5.24. The molecule has 1 nitrogen and oxygen atoms in total. The van der Waals surface area contributed by atoms with Crippen molar-refractivity contribution in [3.63, 3.8) is 0 Å². The van der Waals surface area contributed by atoms with Gasteiger partial charge in [-0.3, -0.25) is 4.79 Å². The first-order valence-corrected chi connectivity index (χ1v) is 7.79. The maximum absolute atomic E-state index is 12.4. The van der Waals surface area contributed by atoms with E-state index in [-0.39, 0.29) is 5.24 Å². The third-order valence-electron chi connectivity index (χ3n) is 3.29. The lowest BCUT2D eigenvalue weighted by Crippen LogP contribution is -2.03. The Labute approximate surface area is 134 Å². The summed E-state index contributed by atoms with van der Waals surface area (Å²) in [5, 5.41) is -0.278. The van der Waals surface area contributed by atoms with E-state index < -0.39 is 11.7 Å². The normalized spacial score (nSPS) is 12.0. The molecule has 0 amide bonds. The summed E-state index contributed by atoms with van der Waals surface area (Å²) in [5.41, 5.74) is 0.147. The van der Waals surface area contributed by atoms with Gasteiger partial charge in [0.2, 0.25) is 5.24 Å². The monoisotopic (exact) mass is 332 g/mol. The lowest BCUT2D eigenvalue weighted by atomic mass is 10.1.